The van der Waals surface area contributed by atoms with Gasteiger partial charge in [-0.2, -0.15) is 0 Å². The standard InChI is InChI=1S/C24H30N2O5/c1-16(2)14-20(26-22(28)18-10-6-7-11-19(18)23(26)29)24(30)31-15-21(27)25-13-12-17-8-4-3-5-9-17/h6-8,10-11,16,20H,3-5,9,12-15H2,1-2H3,(H,25,27)/t20-/m1/s1. The summed E-state index contributed by atoms with van der Waals surface area (Å²) in [4.78, 5) is 51.4. The van der Waals surface area contributed by atoms with Crippen LogP contribution in [0, 0.1) is 5.92 Å². The van der Waals surface area contributed by atoms with Crippen LogP contribution in [-0.2, 0) is 14.3 Å². The van der Waals surface area contributed by atoms with Gasteiger partial charge in [0.05, 0.1) is 11.1 Å². The van der Waals surface area contributed by atoms with Crippen LogP contribution in [0.5, 0.6) is 0 Å². The van der Waals surface area contributed by atoms with Gasteiger partial charge in [-0.1, -0.05) is 37.6 Å². The molecular formula is C24H30N2O5. The first-order valence-electron chi connectivity index (χ1n) is 11.0. The van der Waals surface area contributed by atoms with Crippen molar-refractivity contribution in [2.75, 3.05) is 13.2 Å². The molecule has 3 amide bonds. The molecule has 3 rings (SSSR count). The van der Waals surface area contributed by atoms with Gasteiger partial charge < -0.3 is 10.1 Å². The van der Waals surface area contributed by atoms with Crippen LogP contribution in [0.25, 0.3) is 0 Å². The lowest BCUT2D eigenvalue weighted by Gasteiger charge is -2.25. The number of carbonyl (C=O) groups excluding carboxylic acids is 4. The lowest BCUT2D eigenvalue weighted by molar-refractivity contribution is -0.152. The van der Waals surface area contributed by atoms with Crippen LogP contribution < -0.4 is 5.32 Å². The molecule has 1 aliphatic carbocycles. The van der Waals surface area contributed by atoms with Gasteiger partial charge in [0.25, 0.3) is 17.7 Å². The second-order valence-corrected chi connectivity index (χ2v) is 8.49. The first-order chi connectivity index (χ1) is 14.9. The minimum Gasteiger partial charge on any atom is -0.454 e. The molecule has 0 saturated carbocycles. The molecule has 2 aliphatic rings. The number of hydrogen-bond acceptors (Lipinski definition) is 5. The van der Waals surface area contributed by atoms with Crippen LogP contribution >= 0.6 is 0 Å². The van der Waals surface area contributed by atoms with Crippen molar-refractivity contribution in [2.45, 2.75) is 58.4 Å². The van der Waals surface area contributed by atoms with Gasteiger partial charge in [0.1, 0.15) is 6.04 Å². The maximum absolute atomic E-state index is 12.8. The van der Waals surface area contributed by atoms with E-state index in [1.807, 2.05) is 13.8 Å². The number of rotatable bonds is 9. The van der Waals surface area contributed by atoms with Gasteiger partial charge in [-0.15, -0.1) is 0 Å². The summed E-state index contributed by atoms with van der Waals surface area (Å²) in [5.74, 6) is -2.11. The van der Waals surface area contributed by atoms with Crippen LogP contribution in [0.3, 0.4) is 0 Å². The monoisotopic (exact) mass is 426 g/mol. The summed E-state index contributed by atoms with van der Waals surface area (Å²) in [5.41, 5.74) is 1.92. The maximum atomic E-state index is 12.8. The first-order valence-corrected chi connectivity index (χ1v) is 11.0. The first kappa shape index (κ1) is 22.7. The molecule has 31 heavy (non-hydrogen) atoms. The minimum atomic E-state index is -1.06. The van der Waals surface area contributed by atoms with Crippen molar-refractivity contribution in [2.24, 2.45) is 5.92 Å². The van der Waals surface area contributed by atoms with E-state index in [1.165, 1.54) is 18.4 Å². The van der Waals surface area contributed by atoms with Crippen LogP contribution in [0.1, 0.15) is 73.1 Å². The van der Waals surface area contributed by atoms with E-state index in [-0.39, 0.29) is 23.5 Å². The van der Waals surface area contributed by atoms with Crippen LogP contribution in [0.2, 0.25) is 0 Å². The third-order valence-corrected chi connectivity index (χ3v) is 5.60. The smallest absolute Gasteiger partial charge is 0.329 e. The number of nitrogens with zero attached hydrogens (tertiary/aromatic N) is 1. The molecule has 166 valence electrons. The van der Waals surface area contributed by atoms with Crippen LogP contribution in [0.15, 0.2) is 35.9 Å². The highest BCUT2D eigenvalue weighted by atomic mass is 16.5. The highest BCUT2D eigenvalue weighted by Crippen LogP contribution is 2.27. The topological polar surface area (TPSA) is 92.8 Å². The largest absolute Gasteiger partial charge is 0.454 e. The molecule has 7 nitrogen and oxygen atoms in total. The number of hydrogen-bond donors (Lipinski definition) is 1. The molecular weight excluding hydrogens is 396 g/mol. The predicted octanol–water partition coefficient (Wildman–Crippen LogP) is 3.25. The second kappa shape index (κ2) is 10.4. The van der Waals surface area contributed by atoms with Crippen LogP contribution in [0.4, 0.5) is 0 Å². The van der Waals surface area contributed by atoms with Crippen molar-refractivity contribution in [3.8, 4) is 0 Å². The zero-order valence-electron chi connectivity index (χ0n) is 18.2. The van der Waals surface area contributed by atoms with Crippen molar-refractivity contribution in [1.29, 1.82) is 0 Å². The quantitative estimate of drug-likeness (QED) is 0.372. The molecule has 0 fully saturated rings. The molecule has 0 unspecified atom stereocenters. The van der Waals surface area contributed by atoms with Crippen molar-refractivity contribution in [1.82, 2.24) is 10.2 Å². The average Bonchev–Trinajstić information content (AvgIpc) is 3.01. The average molecular weight is 427 g/mol. The third kappa shape index (κ3) is 5.60. The number of imide groups is 1. The third-order valence-electron chi connectivity index (χ3n) is 5.60. The number of amides is 3. The second-order valence-electron chi connectivity index (χ2n) is 8.49. The van der Waals surface area contributed by atoms with Crippen LogP contribution in [-0.4, -0.2) is 47.8 Å². The fourth-order valence-corrected chi connectivity index (χ4v) is 4.02. The van der Waals surface area contributed by atoms with E-state index in [2.05, 4.69) is 11.4 Å². The molecule has 7 heteroatoms. The number of benzene rings is 1. The van der Waals surface area contributed by atoms with Gasteiger partial charge in [-0.05, 0) is 56.6 Å². The van der Waals surface area contributed by atoms with Gasteiger partial charge in [0, 0.05) is 6.54 Å². The summed E-state index contributed by atoms with van der Waals surface area (Å²) < 4.78 is 5.21. The molecule has 0 saturated heterocycles. The van der Waals surface area contributed by atoms with Crippen molar-refractivity contribution in [3.63, 3.8) is 0 Å². The van der Waals surface area contributed by atoms with E-state index >= 15 is 0 Å². The van der Waals surface area contributed by atoms with E-state index in [4.69, 9.17) is 4.74 Å². The number of allylic oxidation sites excluding steroid dienone is 1. The predicted molar refractivity (Wildman–Crippen MR) is 115 cm³/mol. The summed E-state index contributed by atoms with van der Waals surface area (Å²) in [6, 6.07) is 5.44. The number of carbonyl (C=O) groups is 4. The fraction of sp³-hybridized carbons (Fsp3) is 0.500. The van der Waals surface area contributed by atoms with E-state index < -0.39 is 36.3 Å². The Kier molecular flexibility index (Phi) is 7.60. The van der Waals surface area contributed by atoms with E-state index in [9.17, 15) is 19.2 Å². The van der Waals surface area contributed by atoms with E-state index in [1.54, 1.807) is 24.3 Å². The molecule has 1 aromatic carbocycles. The van der Waals surface area contributed by atoms with Gasteiger partial charge in [-0.3, -0.25) is 19.3 Å². The molecule has 0 radical (unpaired) electrons. The summed E-state index contributed by atoms with van der Waals surface area (Å²) in [6.07, 6.45) is 7.86. The summed E-state index contributed by atoms with van der Waals surface area (Å²) >= 11 is 0. The molecule has 1 N–H and O–H groups in total. The van der Waals surface area contributed by atoms with Crippen molar-refractivity contribution < 1.29 is 23.9 Å². The Morgan fingerprint density at radius 3 is 2.35 bits per heavy atom. The molecule has 0 bridgehead atoms. The van der Waals surface area contributed by atoms with E-state index in [0.29, 0.717) is 6.54 Å². The number of nitrogens with one attached hydrogen (secondary N) is 1. The molecule has 1 heterocycles. The van der Waals surface area contributed by atoms with Gasteiger partial charge in [0.15, 0.2) is 6.61 Å². The highest BCUT2D eigenvalue weighted by molar-refractivity contribution is 6.22. The highest BCUT2D eigenvalue weighted by Gasteiger charge is 2.43. The lowest BCUT2D eigenvalue weighted by Crippen LogP contribution is -2.47. The fourth-order valence-electron chi connectivity index (χ4n) is 4.02. The Bertz CT molecular complexity index is 855. The number of fused-ring (bicyclic) bond motifs is 1. The Morgan fingerprint density at radius 1 is 1.10 bits per heavy atom. The summed E-state index contributed by atoms with van der Waals surface area (Å²) in [6.45, 7) is 3.85. The van der Waals surface area contributed by atoms with Crippen molar-refractivity contribution in [3.05, 3.63) is 47.0 Å². The molecule has 1 atom stereocenters. The number of esters is 1. The number of ether oxygens (including phenoxy) is 1. The maximum Gasteiger partial charge on any atom is 0.329 e. The lowest BCUT2D eigenvalue weighted by atomic mass is 9.97. The normalized spacial score (nSPS) is 16.7. The minimum absolute atomic E-state index is 0.0412. The molecule has 1 aliphatic heterocycles. The van der Waals surface area contributed by atoms with Gasteiger partial charge in [-0.25, -0.2) is 4.79 Å². The van der Waals surface area contributed by atoms with E-state index in [0.717, 1.165) is 24.2 Å². The Labute approximate surface area is 182 Å². The Balaban J connectivity index is 1.56. The zero-order chi connectivity index (χ0) is 22.4. The van der Waals surface area contributed by atoms with Gasteiger partial charge in [0.2, 0.25) is 0 Å². The Morgan fingerprint density at radius 2 is 1.77 bits per heavy atom. The molecule has 1 aromatic rings. The SMILES string of the molecule is CC(C)C[C@H](C(=O)OCC(=O)NCCC1=CCCCC1)N1C(=O)c2ccccc2C1=O. The molecule has 0 spiro atoms. The summed E-state index contributed by atoms with van der Waals surface area (Å²) in [5, 5.41) is 2.76. The van der Waals surface area contributed by atoms with Gasteiger partial charge >= 0.3 is 5.97 Å². The Hall–Kier alpha value is -2.96. The zero-order valence-corrected chi connectivity index (χ0v) is 18.2. The summed E-state index contributed by atoms with van der Waals surface area (Å²) in [7, 11) is 0. The molecule has 0 aromatic heterocycles. The van der Waals surface area contributed by atoms with Crippen molar-refractivity contribution >= 4 is 23.7 Å².